The van der Waals surface area contributed by atoms with E-state index in [2.05, 4.69) is 18.2 Å². The Labute approximate surface area is 129 Å². The lowest BCUT2D eigenvalue weighted by atomic mass is 9.88. The predicted octanol–water partition coefficient (Wildman–Crippen LogP) is 4.92. The molecule has 0 radical (unpaired) electrons. The molecule has 1 atom stereocenters. The molecule has 1 aliphatic carbocycles. The molecule has 20 heavy (non-hydrogen) atoms. The molecule has 104 valence electrons. The van der Waals surface area contributed by atoms with Crippen LogP contribution in [-0.2, 0) is 12.8 Å². The quantitative estimate of drug-likeness (QED) is 0.837. The maximum absolute atomic E-state index is 6.38. The molecule has 2 aromatic carbocycles. The van der Waals surface area contributed by atoms with Gasteiger partial charge < -0.3 is 5.73 Å². The van der Waals surface area contributed by atoms with Gasteiger partial charge in [-0.05, 0) is 66.1 Å². The van der Waals surface area contributed by atoms with Crippen LogP contribution in [0.3, 0.4) is 0 Å². The molecular weight excluding hydrogens is 289 g/mol. The second-order valence-electron chi connectivity index (χ2n) is 5.38. The summed E-state index contributed by atoms with van der Waals surface area (Å²) in [5.41, 5.74) is 11.3. The molecule has 2 aromatic rings. The molecule has 0 aliphatic heterocycles. The zero-order chi connectivity index (χ0) is 14.1. The van der Waals surface area contributed by atoms with Crippen LogP contribution in [0.5, 0.6) is 0 Å². The van der Waals surface area contributed by atoms with Gasteiger partial charge in [0.05, 0.1) is 6.04 Å². The molecule has 1 aliphatic rings. The third kappa shape index (κ3) is 2.71. The molecule has 0 saturated heterocycles. The summed E-state index contributed by atoms with van der Waals surface area (Å²) in [5, 5.41) is 1.33. The van der Waals surface area contributed by atoms with Gasteiger partial charge in [-0.25, -0.2) is 0 Å². The molecular formula is C17H17Cl2N. The molecule has 0 spiro atoms. The van der Waals surface area contributed by atoms with E-state index in [1.54, 1.807) is 12.1 Å². The summed E-state index contributed by atoms with van der Waals surface area (Å²) in [7, 11) is 0. The molecule has 0 heterocycles. The van der Waals surface area contributed by atoms with Crippen LogP contribution >= 0.6 is 23.2 Å². The van der Waals surface area contributed by atoms with Gasteiger partial charge in [-0.2, -0.15) is 0 Å². The first kappa shape index (κ1) is 13.9. The molecule has 0 aromatic heterocycles. The molecule has 0 saturated carbocycles. The van der Waals surface area contributed by atoms with Crippen molar-refractivity contribution in [1.82, 2.24) is 0 Å². The molecule has 3 rings (SSSR count). The number of hydrogen-bond donors (Lipinski definition) is 1. The SMILES string of the molecule is NC(c1ccc2c(c1)CCCC2)c1cc(Cl)ccc1Cl. The van der Waals surface area contributed by atoms with Gasteiger partial charge >= 0.3 is 0 Å². The zero-order valence-corrected chi connectivity index (χ0v) is 12.7. The maximum Gasteiger partial charge on any atom is 0.0567 e. The van der Waals surface area contributed by atoms with Crippen molar-refractivity contribution >= 4 is 23.2 Å². The Balaban J connectivity index is 1.97. The van der Waals surface area contributed by atoms with E-state index in [9.17, 15) is 0 Å². The molecule has 0 bridgehead atoms. The second-order valence-corrected chi connectivity index (χ2v) is 6.22. The third-order valence-corrected chi connectivity index (χ3v) is 4.60. The summed E-state index contributed by atoms with van der Waals surface area (Å²) in [4.78, 5) is 0. The fraction of sp³-hybridized carbons (Fsp3) is 0.294. The van der Waals surface area contributed by atoms with Crippen molar-refractivity contribution in [3.8, 4) is 0 Å². The first-order valence-electron chi connectivity index (χ1n) is 6.97. The van der Waals surface area contributed by atoms with E-state index >= 15 is 0 Å². The van der Waals surface area contributed by atoms with Crippen molar-refractivity contribution in [3.63, 3.8) is 0 Å². The van der Waals surface area contributed by atoms with Crippen LogP contribution in [0.25, 0.3) is 0 Å². The Morgan fingerprint density at radius 2 is 1.65 bits per heavy atom. The van der Waals surface area contributed by atoms with Crippen molar-refractivity contribution in [1.29, 1.82) is 0 Å². The van der Waals surface area contributed by atoms with Gasteiger partial charge in [0.15, 0.2) is 0 Å². The van der Waals surface area contributed by atoms with Crippen molar-refractivity contribution in [3.05, 3.63) is 68.7 Å². The second kappa shape index (κ2) is 5.77. The lowest BCUT2D eigenvalue weighted by Crippen LogP contribution is -2.14. The Bertz CT molecular complexity index is 637. The number of fused-ring (bicyclic) bond motifs is 1. The molecule has 3 heteroatoms. The van der Waals surface area contributed by atoms with Crippen molar-refractivity contribution < 1.29 is 0 Å². The Morgan fingerprint density at radius 1 is 0.900 bits per heavy atom. The smallest absolute Gasteiger partial charge is 0.0567 e. The fourth-order valence-electron chi connectivity index (χ4n) is 2.88. The van der Waals surface area contributed by atoms with Gasteiger partial charge in [0, 0.05) is 10.0 Å². The van der Waals surface area contributed by atoms with E-state index in [1.165, 1.54) is 30.4 Å². The summed E-state index contributed by atoms with van der Waals surface area (Å²) < 4.78 is 0. The standard InChI is InChI=1S/C17H17Cl2N/c18-14-7-8-16(19)15(10-14)17(20)13-6-5-11-3-1-2-4-12(11)9-13/h5-10,17H,1-4,20H2. The van der Waals surface area contributed by atoms with Crippen LogP contribution in [0.4, 0.5) is 0 Å². The van der Waals surface area contributed by atoms with E-state index in [1.807, 2.05) is 6.07 Å². The molecule has 1 nitrogen and oxygen atoms in total. The summed E-state index contributed by atoms with van der Waals surface area (Å²) in [5.74, 6) is 0. The van der Waals surface area contributed by atoms with Gasteiger partial charge in [0.1, 0.15) is 0 Å². The highest BCUT2D eigenvalue weighted by atomic mass is 35.5. The van der Waals surface area contributed by atoms with Crippen molar-refractivity contribution in [2.75, 3.05) is 0 Å². The first-order chi connectivity index (χ1) is 9.65. The monoisotopic (exact) mass is 305 g/mol. The molecule has 0 amide bonds. The van der Waals surface area contributed by atoms with E-state index in [0.717, 1.165) is 17.5 Å². The third-order valence-electron chi connectivity index (χ3n) is 4.02. The topological polar surface area (TPSA) is 26.0 Å². The summed E-state index contributed by atoms with van der Waals surface area (Å²) in [6.07, 6.45) is 4.89. The van der Waals surface area contributed by atoms with Gasteiger partial charge in [-0.3, -0.25) is 0 Å². The van der Waals surface area contributed by atoms with E-state index < -0.39 is 0 Å². The first-order valence-corrected chi connectivity index (χ1v) is 7.73. The van der Waals surface area contributed by atoms with Crippen LogP contribution in [0.2, 0.25) is 10.0 Å². The van der Waals surface area contributed by atoms with Gasteiger partial charge in [0.25, 0.3) is 0 Å². The average Bonchev–Trinajstić information content (AvgIpc) is 2.48. The number of rotatable bonds is 2. The largest absolute Gasteiger partial charge is 0.320 e. The minimum Gasteiger partial charge on any atom is -0.320 e. The van der Waals surface area contributed by atoms with Crippen LogP contribution in [0, 0.1) is 0 Å². The maximum atomic E-state index is 6.38. The van der Waals surface area contributed by atoms with E-state index in [-0.39, 0.29) is 6.04 Å². The molecule has 2 N–H and O–H groups in total. The summed E-state index contributed by atoms with van der Waals surface area (Å²) in [6.45, 7) is 0. The molecule has 0 fully saturated rings. The highest BCUT2D eigenvalue weighted by molar-refractivity contribution is 6.33. The Morgan fingerprint density at radius 3 is 2.45 bits per heavy atom. The summed E-state index contributed by atoms with van der Waals surface area (Å²) in [6, 6.07) is 11.8. The van der Waals surface area contributed by atoms with Gasteiger partial charge in [-0.15, -0.1) is 0 Å². The minimum absolute atomic E-state index is 0.228. The lowest BCUT2D eigenvalue weighted by molar-refractivity contribution is 0.682. The Kier molecular flexibility index (Phi) is 4.02. The average molecular weight is 306 g/mol. The number of benzene rings is 2. The van der Waals surface area contributed by atoms with Crippen molar-refractivity contribution in [2.24, 2.45) is 5.73 Å². The zero-order valence-electron chi connectivity index (χ0n) is 11.2. The molecule has 1 unspecified atom stereocenters. The fourth-order valence-corrected chi connectivity index (χ4v) is 3.29. The Hall–Kier alpha value is -1.02. The number of aryl methyl sites for hydroxylation is 2. The van der Waals surface area contributed by atoms with E-state index in [4.69, 9.17) is 28.9 Å². The normalized spacial score (nSPS) is 15.8. The van der Waals surface area contributed by atoms with Gasteiger partial charge in [0.2, 0.25) is 0 Å². The van der Waals surface area contributed by atoms with E-state index in [0.29, 0.717) is 10.0 Å². The number of nitrogens with two attached hydrogens (primary N) is 1. The summed E-state index contributed by atoms with van der Waals surface area (Å²) >= 11 is 12.3. The minimum atomic E-state index is -0.228. The highest BCUT2D eigenvalue weighted by Crippen LogP contribution is 2.31. The number of hydrogen-bond acceptors (Lipinski definition) is 1. The van der Waals surface area contributed by atoms with Crippen LogP contribution in [0.15, 0.2) is 36.4 Å². The highest BCUT2D eigenvalue weighted by Gasteiger charge is 2.16. The van der Waals surface area contributed by atoms with Crippen molar-refractivity contribution in [2.45, 2.75) is 31.7 Å². The van der Waals surface area contributed by atoms with Crippen LogP contribution < -0.4 is 5.73 Å². The predicted molar refractivity (Wildman–Crippen MR) is 85.6 cm³/mol. The van der Waals surface area contributed by atoms with Crippen LogP contribution in [-0.4, -0.2) is 0 Å². The number of halogens is 2. The lowest BCUT2D eigenvalue weighted by Gasteiger charge is -2.20. The van der Waals surface area contributed by atoms with Crippen LogP contribution in [0.1, 0.15) is 41.1 Å². The van der Waals surface area contributed by atoms with Gasteiger partial charge in [-0.1, -0.05) is 41.4 Å².